The molecule has 3 heterocycles. The molecule has 1 aromatic heterocycles. The largest absolute Gasteiger partial charge is 0.489 e. The molecule has 0 aliphatic carbocycles. The first kappa shape index (κ1) is 18.9. The van der Waals surface area contributed by atoms with E-state index in [1.165, 1.54) is 5.56 Å². The quantitative estimate of drug-likeness (QED) is 0.795. The summed E-state index contributed by atoms with van der Waals surface area (Å²) in [4.78, 5) is 21.5. The Balaban J connectivity index is 1.38. The molecule has 0 bridgehead atoms. The summed E-state index contributed by atoms with van der Waals surface area (Å²) >= 11 is 0. The number of piperidine rings is 1. The number of pyridine rings is 1. The average Bonchev–Trinajstić information content (AvgIpc) is 3.26. The molecule has 148 valence electrons. The van der Waals surface area contributed by atoms with Crippen LogP contribution in [0.3, 0.4) is 0 Å². The third-order valence-electron chi connectivity index (χ3n) is 5.74. The summed E-state index contributed by atoms with van der Waals surface area (Å²) in [7, 11) is 0. The molecule has 2 fully saturated rings. The number of benzene rings is 1. The molecule has 0 unspecified atom stereocenters. The SMILES string of the molecule is Cc1ccc(OC2CCN(Cc3ccncc3)CC2)c(C(=O)N2CCCC2)c1. The van der Waals surface area contributed by atoms with E-state index in [0.29, 0.717) is 0 Å². The summed E-state index contributed by atoms with van der Waals surface area (Å²) < 4.78 is 6.34. The van der Waals surface area contributed by atoms with Crippen molar-refractivity contribution >= 4 is 5.91 Å². The summed E-state index contributed by atoms with van der Waals surface area (Å²) in [6.07, 6.45) is 8.03. The summed E-state index contributed by atoms with van der Waals surface area (Å²) in [5.41, 5.74) is 3.12. The molecule has 2 aromatic rings. The molecular formula is C23H29N3O2. The molecule has 2 aliphatic heterocycles. The normalized spacial score (nSPS) is 18.4. The Labute approximate surface area is 167 Å². The maximum absolute atomic E-state index is 12.9. The highest BCUT2D eigenvalue weighted by atomic mass is 16.5. The van der Waals surface area contributed by atoms with Crippen LogP contribution in [0.4, 0.5) is 0 Å². The molecular weight excluding hydrogens is 350 g/mol. The lowest BCUT2D eigenvalue weighted by atomic mass is 10.1. The van der Waals surface area contributed by atoms with Gasteiger partial charge in [0.2, 0.25) is 0 Å². The van der Waals surface area contributed by atoms with Crippen LogP contribution in [-0.2, 0) is 6.54 Å². The van der Waals surface area contributed by atoms with E-state index < -0.39 is 0 Å². The number of ether oxygens (including phenoxy) is 1. The molecule has 4 rings (SSSR count). The zero-order valence-electron chi connectivity index (χ0n) is 16.6. The lowest BCUT2D eigenvalue weighted by Gasteiger charge is -2.32. The second-order valence-electron chi connectivity index (χ2n) is 7.95. The first-order chi connectivity index (χ1) is 13.7. The van der Waals surface area contributed by atoms with Crippen molar-refractivity contribution in [1.29, 1.82) is 0 Å². The molecule has 1 aromatic carbocycles. The van der Waals surface area contributed by atoms with Gasteiger partial charge in [0, 0.05) is 45.1 Å². The lowest BCUT2D eigenvalue weighted by molar-refractivity contribution is 0.0764. The van der Waals surface area contributed by atoms with E-state index in [2.05, 4.69) is 22.0 Å². The topological polar surface area (TPSA) is 45.7 Å². The van der Waals surface area contributed by atoms with Gasteiger partial charge in [-0.2, -0.15) is 0 Å². The molecule has 2 saturated heterocycles. The van der Waals surface area contributed by atoms with Gasteiger partial charge in [0.25, 0.3) is 5.91 Å². The van der Waals surface area contributed by atoms with Crippen LogP contribution in [0.2, 0.25) is 0 Å². The molecule has 28 heavy (non-hydrogen) atoms. The molecule has 0 saturated carbocycles. The fourth-order valence-electron chi connectivity index (χ4n) is 4.12. The van der Waals surface area contributed by atoms with Gasteiger partial charge in [-0.1, -0.05) is 11.6 Å². The highest BCUT2D eigenvalue weighted by Gasteiger charge is 2.26. The summed E-state index contributed by atoms with van der Waals surface area (Å²) in [6, 6.07) is 10.1. The van der Waals surface area contributed by atoms with Crippen molar-refractivity contribution in [2.24, 2.45) is 0 Å². The Hall–Kier alpha value is -2.40. The van der Waals surface area contributed by atoms with Crippen LogP contribution >= 0.6 is 0 Å². The lowest BCUT2D eigenvalue weighted by Crippen LogP contribution is -2.38. The zero-order valence-corrected chi connectivity index (χ0v) is 16.6. The third-order valence-corrected chi connectivity index (χ3v) is 5.74. The van der Waals surface area contributed by atoms with Crippen molar-refractivity contribution in [1.82, 2.24) is 14.8 Å². The van der Waals surface area contributed by atoms with Crippen molar-refractivity contribution in [2.75, 3.05) is 26.2 Å². The minimum atomic E-state index is 0.117. The highest BCUT2D eigenvalue weighted by molar-refractivity contribution is 5.97. The van der Waals surface area contributed by atoms with Gasteiger partial charge in [0.1, 0.15) is 11.9 Å². The standard InChI is InChI=1S/C23H29N3O2/c1-18-4-5-22(21(16-18)23(27)26-12-2-3-13-26)28-20-8-14-25(15-9-20)17-19-6-10-24-11-7-19/h4-7,10-11,16,20H,2-3,8-9,12-15,17H2,1H3. The zero-order chi connectivity index (χ0) is 19.3. The minimum absolute atomic E-state index is 0.117. The van der Waals surface area contributed by atoms with Crippen molar-refractivity contribution in [3.05, 3.63) is 59.4 Å². The number of hydrogen-bond donors (Lipinski definition) is 0. The molecule has 5 nitrogen and oxygen atoms in total. The summed E-state index contributed by atoms with van der Waals surface area (Å²) in [5, 5.41) is 0. The molecule has 0 spiro atoms. The fourth-order valence-corrected chi connectivity index (χ4v) is 4.12. The number of carbonyl (C=O) groups is 1. The fraction of sp³-hybridized carbons (Fsp3) is 0.478. The van der Waals surface area contributed by atoms with Crippen LogP contribution in [0.25, 0.3) is 0 Å². The van der Waals surface area contributed by atoms with Crippen LogP contribution in [0.15, 0.2) is 42.7 Å². The summed E-state index contributed by atoms with van der Waals surface area (Å²) in [5.74, 6) is 0.862. The molecule has 0 atom stereocenters. The van der Waals surface area contributed by atoms with Crippen LogP contribution in [0.5, 0.6) is 5.75 Å². The maximum Gasteiger partial charge on any atom is 0.257 e. The van der Waals surface area contributed by atoms with Gasteiger partial charge in [-0.3, -0.25) is 14.7 Å². The number of rotatable bonds is 5. The van der Waals surface area contributed by atoms with Crippen LogP contribution in [-0.4, -0.2) is 53.0 Å². The van der Waals surface area contributed by atoms with Crippen molar-refractivity contribution in [3.63, 3.8) is 0 Å². The van der Waals surface area contributed by atoms with Crippen LogP contribution < -0.4 is 4.74 Å². The van der Waals surface area contributed by atoms with E-state index in [1.54, 1.807) is 0 Å². The third kappa shape index (κ3) is 4.53. The second kappa shape index (κ2) is 8.74. The average molecular weight is 380 g/mol. The van der Waals surface area contributed by atoms with E-state index in [-0.39, 0.29) is 12.0 Å². The van der Waals surface area contributed by atoms with Gasteiger partial charge < -0.3 is 9.64 Å². The van der Waals surface area contributed by atoms with Crippen molar-refractivity contribution in [2.45, 2.75) is 45.3 Å². The smallest absolute Gasteiger partial charge is 0.257 e. The molecule has 1 amide bonds. The van der Waals surface area contributed by atoms with Gasteiger partial charge in [0.15, 0.2) is 0 Å². The van der Waals surface area contributed by atoms with Gasteiger partial charge in [-0.25, -0.2) is 0 Å². The number of nitrogens with zero attached hydrogens (tertiary/aromatic N) is 3. The van der Waals surface area contributed by atoms with Gasteiger partial charge in [-0.05, 0) is 62.4 Å². The Bertz CT molecular complexity index is 795. The predicted molar refractivity (Wildman–Crippen MR) is 109 cm³/mol. The van der Waals surface area contributed by atoms with E-state index in [0.717, 1.165) is 75.3 Å². The predicted octanol–water partition coefficient (Wildman–Crippen LogP) is 3.67. The number of hydrogen-bond acceptors (Lipinski definition) is 4. The van der Waals surface area contributed by atoms with Crippen LogP contribution in [0, 0.1) is 6.92 Å². The number of amides is 1. The molecule has 5 heteroatoms. The van der Waals surface area contributed by atoms with E-state index in [9.17, 15) is 4.79 Å². The van der Waals surface area contributed by atoms with E-state index in [4.69, 9.17) is 4.74 Å². The Morgan fingerprint density at radius 2 is 1.79 bits per heavy atom. The molecule has 2 aliphatic rings. The number of aromatic nitrogens is 1. The first-order valence-corrected chi connectivity index (χ1v) is 10.4. The Morgan fingerprint density at radius 3 is 2.50 bits per heavy atom. The Morgan fingerprint density at radius 1 is 1.07 bits per heavy atom. The van der Waals surface area contributed by atoms with Gasteiger partial charge in [-0.15, -0.1) is 0 Å². The van der Waals surface area contributed by atoms with E-state index in [1.807, 2.05) is 42.4 Å². The Kier molecular flexibility index (Phi) is 5.91. The van der Waals surface area contributed by atoms with Gasteiger partial charge in [0.05, 0.1) is 5.56 Å². The number of likely N-dealkylation sites (tertiary alicyclic amines) is 2. The molecule has 0 N–H and O–H groups in total. The number of carbonyl (C=O) groups excluding carboxylic acids is 1. The van der Waals surface area contributed by atoms with Gasteiger partial charge >= 0.3 is 0 Å². The van der Waals surface area contributed by atoms with Crippen LogP contribution in [0.1, 0.15) is 47.2 Å². The summed E-state index contributed by atoms with van der Waals surface area (Å²) in [6.45, 7) is 6.72. The maximum atomic E-state index is 12.9. The molecule has 0 radical (unpaired) electrons. The van der Waals surface area contributed by atoms with E-state index >= 15 is 0 Å². The first-order valence-electron chi connectivity index (χ1n) is 10.4. The second-order valence-corrected chi connectivity index (χ2v) is 7.95. The minimum Gasteiger partial charge on any atom is -0.489 e. The van der Waals surface area contributed by atoms with Crippen molar-refractivity contribution in [3.8, 4) is 5.75 Å². The highest BCUT2D eigenvalue weighted by Crippen LogP contribution is 2.27. The monoisotopic (exact) mass is 379 g/mol. The van der Waals surface area contributed by atoms with Crippen molar-refractivity contribution < 1.29 is 9.53 Å². The number of aryl methyl sites for hydroxylation is 1.